The van der Waals surface area contributed by atoms with Gasteiger partial charge in [0.2, 0.25) is 11.8 Å². The summed E-state index contributed by atoms with van der Waals surface area (Å²) in [5.41, 5.74) is -0.0530. The van der Waals surface area contributed by atoms with Crippen LogP contribution in [-0.4, -0.2) is 82.0 Å². The molecule has 3 aliphatic heterocycles. The fourth-order valence-corrected chi connectivity index (χ4v) is 8.85. The van der Waals surface area contributed by atoms with E-state index < -0.39 is 59.5 Å². The molecule has 1 unspecified atom stereocenters. The number of amides is 3. The number of esters is 1. The number of alkyl halides is 1. The topological polar surface area (TPSA) is 125 Å². The van der Waals surface area contributed by atoms with Gasteiger partial charge in [-0.2, -0.15) is 0 Å². The molecule has 0 saturated carbocycles. The Kier molecular flexibility index (Phi) is 10.6. The number of carbonyl (C=O) groups is 4. The summed E-state index contributed by atoms with van der Waals surface area (Å²) in [4.78, 5) is 58.8. The number of aliphatic hydroxyl groups excluding tert-OH is 1. The highest BCUT2D eigenvalue weighted by Gasteiger charge is 2.77. The molecule has 10 nitrogen and oxygen atoms in total. The molecule has 3 aliphatic rings. The quantitative estimate of drug-likeness (QED) is 0.137. The van der Waals surface area contributed by atoms with Crippen LogP contribution in [0.1, 0.15) is 37.9 Å². The number of β-amino-alcohol motifs (C(OH)–C–C–N with tert-alkyl or cyclic N) is 1. The van der Waals surface area contributed by atoms with E-state index in [1.54, 1.807) is 24.0 Å². The molecule has 2 bridgehead atoms. The third-order valence-electron chi connectivity index (χ3n) is 10.0. The number of carbonyl (C=O) groups excluding carboxylic acids is 4. The van der Waals surface area contributed by atoms with E-state index >= 15 is 0 Å². The number of aliphatic hydroxyl groups is 1. The lowest BCUT2D eigenvalue weighted by molar-refractivity contribution is -0.162. The smallest absolute Gasteiger partial charge is 0.313 e. The van der Waals surface area contributed by atoms with Gasteiger partial charge in [-0.1, -0.05) is 88.7 Å². The van der Waals surface area contributed by atoms with Gasteiger partial charge in [-0.15, -0.1) is 13.2 Å². The van der Waals surface area contributed by atoms with Crippen LogP contribution in [0.5, 0.6) is 0 Å². The molecule has 0 aromatic heterocycles. The van der Waals surface area contributed by atoms with Crippen molar-refractivity contribution < 1.29 is 33.8 Å². The number of allylic oxidation sites excluding steroid dienone is 1. The summed E-state index contributed by atoms with van der Waals surface area (Å²) in [6, 6.07) is 20.9. The van der Waals surface area contributed by atoms with Crippen LogP contribution in [0.25, 0.3) is 10.8 Å². The van der Waals surface area contributed by atoms with Crippen molar-refractivity contribution in [2.24, 2.45) is 11.8 Å². The largest absolute Gasteiger partial charge is 0.455 e. The van der Waals surface area contributed by atoms with Crippen LogP contribution in [0, 0.1) is 11.8 Å². The van der Waals surface area contributed by atoms with Gasteiger partial charge >= 0.3 is 5.97 Å². The lowest BCUT2D eigenvalue weighted by Crippen LogP contribution is -2.57. The molecule has 3 aromatic carbocycles. The van der Waals surface area contributed by atoms with E-state index in [0.717, 1.165) is 10.8 Å². The Morgan fingerprint density at radius 3 is 2.52 bits per heavy atom. The first-order valence-electron chi connectivity index (χ1n) is 16.9. The summed E-state index contributed by atoms with van der Waals surface area (Å²) in [5, 5.41) is 15.0. The fraction of sp³-hybridized carbons (Fsp3) is 0.385. The summed E-state index contributed by atoms with van der Waals surface area (Å²) in [6.45, 7) is 8.99. The number of ether oxygens (including phenoxy) is 2. The van der Waals surface area contributed by atoms with E-state index in [0.29, 0.717) is 24.1 Å². The monoisotopic (exact) mass is 743 g/mol. The zero-order chi connectivity index (χ0) is 35.6. The summed E-state index contributed by atoms with van der Waals surface area (Å²) in [6.07, 6.45) is 2.72. The number of halogens is 1. The Labute approximate surface area is 300 Å². The third kappa shape index (κ3) is 6.38. The molecular formula is C39H42BrN3O7. The minimum Gasteiger partial charge on any atom is -0.455 e. The van der Waals surface area contributed by atoms with Crippen molar-refractivity contribution in [1.82, 2.24) is 10.2 Å². The lowest BCUT2D eigenvalue weighted by atomic mass is 9.70. The summed E-state index contributed by atoms with van der Waals surface area (Å²) in [7, 11) is 0. The Balaban J connectivity index is 1.33. The van der Waals surface area contributed by atoms with Gasteiger partial charge in [-0.25, -0.2) is 0 Å². The summed E-state index contributed by atoms with van der Waals surface area (Å²) in [5.74, 6) is -3.76. The predicted octanol–water partition coefficient (Wildman–Crippen LogP) is 4.85. The molecule has 3 amide bonds. The number of anilines is 1. The Morgan fingerprint density at radius 2 is 1.82 bits per heavy atom. The Hall–Kier alpha value is -4.32. The number of benzene rings is 3. The van der Waals surface area contributed by atoms with Crippen LogP contribution in [0.15, 0.2) is 98.1 Å². The number of hydrogen-bond donors (Lipinski definition) is 2. The van der Waals surface area contributed by atoms with E-state index in [2.05, 4.69) is 34.4 Å². The molecule has 1 spiro atoms. The molecule has 3 aromatic rings. The molecule has 2 N–H and O–H groups in total. The van der Waals surface area contributed by atoms with Gasteiger partial charge in [0.1, 0.15) is 17.7 Å². The second-order valence-corrected chi connectivity index (χ2v) is 14.3. The number of fused-ring (bicyclic) bond motifs is 2. The van der Waals surface area contributed by atoms with Crippen LogP contribution in [0.2, 0.25) is 0 Å². The standard InChI is InChI=1S/C39H42BrN3O7/c1-4-6-16-30(45)41-24(3)33(26-13-8-7-9-14-26)49-38(48)31-32-36(46)43(20-21-44)35(39(32)23-29(40)34(31)50-39)37(47)42(19-5-2)28-18-17-25-12-10-11-15-27(25)22-28/h4-5,7-15,17-18,22,24,29,31-35,44H,1-2,6,16,19-21,23H2,3H3,(H,41,45)/t24-,29?,31+,32-,33-,34+,35+,39-/m1/s1. The van der Waals surface area contributed by atoms with Gasteiger partial charge in [-0.3, -0.25) is 19.2 Å². The molecule has 262 valence electrons. The molecule has 3 saturated heterocycles. The van der Waals surface area contributed by atoms with E-state index in [-0.39, 0.29) is 36.9 Å². The van der Waals surface area contributed by atoms with E-state index in [1.807, 2.05) is 72.8 Å². The lowest BCUT2D eigenvalue weighted by Gasteiger charge is -2.37. The maximum Gasteiger partial charge on any atom is 0.313 e. The van der Waals surface area contributed by atoms with Crippen LogP contribution >= 0.6 is 15.9 Å². The maximum absolute atomic E-state index is 14.8. The molecule has 6 rings (SSSR count). The van der Waals surface area contributed by atoms with Crippen LogP contribution in [0.4, 0.5) is 5.69 Å². The van der Waals surface area contributed by atoms with Crippen molar-refractivity contribution in [3.05, 3.63) is 104 Å². The van der Waals surface area contributed by atoms with Gasteiger partial charge < -0.3 is 29.7 Å². The first-order chi connectivity index (χ1) is 24.1. The van der Waals surface area contributed by atoms with E-state index in [1.165, 1.54) is 4.90 Å². The van der Waals surface area contributed by atoms with Gasteiger partial charge in [-0.05, 0) is 48.2 Å². The zero-order valence-electron chi connectivity index (χ0n) is 28.0. The average Bonchev–Trinajstić information content (AvgIpc) is 3.71. The molecule has 3 heterocycles. The summed E-state index contributed by atoms with van der Waals surface area (Å²) >= 11 is 3.71. The van der Waals surface area contributed by atoms with Gasteiger partial charge in [0.05, 0.1) is 30.6 Å². The molecule has 8 atom stereocenters. The van der Waals surface area contributed by atoms with Gasteiger partial charge in [0, 0.05) is 30.0 Å². The predicted molar refractivity (Wildman–Crippen MR) is 193 cm³/mol. The minimum absolute atomic E-state index is 0.115. The Bertz CT molecular complexity index is 1790. The molecule has 3 fully saturated rings. The Morgan fingerprint density at radius 1 is 1.10 bits per heavy atom. The highest BCUT2D eigenvalue weighted by molar-refractivity contribution is 9.09. The van der Waals surface area contributed by atoms with Crippen molar-refractivity contribution >= 4 is 56.1 Å². The minimum atomic E-state index is -1.35. The zero-order valence-corrected chi connectivity index (χ0v) is 29.5. The first kappa shape index (κ1) is 35.5. The average molecular weight is 745 g/mol. The first-order valence-corrected chi connectivity index (χ1v) is 17.9. The van der Waals surface area contributed by atoms with Crippen molar-refractivity contribution in [3.8, 4) is 0 Å². The molecule has 0 aliphatic carbocycles. The molecule has 11 heteroatoms. The highest BCUT2D eigenvalue weighted by Crippen LogP contribution is 2.60. The second kappa shape index (κ2) is 14.9. The van der Waals surface area contributed by atoms with Crippen molar-refractivity contribution in [2.45, 2.75) is 60.9 Å². The third-order valence-corrected chi connectivity index (χ3v) is 10.9. The van der Waals surface area contributed by atoms with Crippen molar-refractivity contribution in [3.63, 3.8) is 0 Å². The number of rotatable bonds is 14. The summed E-state index contributed by atoms with van der Waals surface area (Å²) < 4.78 is 12.9. The molecule has 0 radical (unpaired) electrons. The maximum atomic E-state index is 14.8. The molecule has 50 heavy (non-hydrogen) atoms. The molecular weight excluding hydrogens is 702 g/mol. The SMILES string of the molecule is C=CCCC(=O)N[C@H](C)[C@@H](OC(=O)[C@@H]1[C@H]2O[C@@]3(CC2Br)[C@H](C(=O)N(CC=C)c2ccc4ccccc4c2)N(CCO)C(=O)[C@@H]13)c1ccccc1. The van der Waals surface area contributed by atoms with Crippen LogP contribution in [0.3, 0.4) is 0 Å². The second-order valence-electron chi connectivity index (χ2n) is 13.1. The van der Waals surface area contributed by atoms with E-state index in [4.69, 9.17) is 9.47 Å². The number of hydrogen-bond acceptors (Lipinski definition) is 7. The number of likely N-dealkylation sites (tertiary alicyclic amines) is 1. The fourth-order valence-electron chi connectivity index (χ4n) is 7.91. The van der Waals surface area contributed by atoms with E-state index in [9.17, 15) is 24.3 Å². The van der Waals surface area contributed by atoms with Crippen LogP contribution in [-0.2, 0) is 28.7 Å². The van der Waals surface area contributed by atoms with Crippen LogP contribution < -0.4 is 10.2 Å². The van der Waals surface area contributed by atoms with Crippen molar-refractivity contribution in [1.29, 1.82) is 0 Å². The number of nitrogens with zero attached hydrogens (tertiary/aromatic N) is 2. The van der Waals surface area contributed by atoms with Gasteiger partial charge in [0.15, 0.2) is 0 Å². The highest BCUT2D eigenvalue weighted by atomic mass is 79.9. The van der Waals surface area contributed by atoms with Gasteiger partial charge in [0.25, 0.3) is 5.91 Å². The number of nitrogens with one attached hydrogen (secondary N) is 1. The normalized spacial score (nSPS) is 26.3. The van der Waals surface area contributed by atoms with Crippen molar-refractivity contribution in [2.75, 3.05) is 24.6 Å².